The van der Waals surface area contributed by atoms with E-state index < -0.39 is 17.0 Å². The van der Waals surface area contributed by atoms with E-state index in [0.717, 1.165) is 101 Å². The van der Waals surface area contributed by atoms with Gasteiger partial charge in [0.25, 0.3) is 0 Å². The quantitative estimate of drug-likeness (QED) is 0.160. The lowest BCUT2D eigenvalue weighted by Gasteiger charge is -2.63. The van der Waals surface area contributed by atoms with Gasteiger partial charge in [-0.25, -0.2) is 19.9 Å². The van der Waals surface area contributed by atoms with E-state index in [0.29, 0.717) is 6.42 Å². The fourth-order valence-corrected chi connectivity index (χ4v) is 12.2. The molecule has 8 heteroatoms. The van der Waals surface area contributed by atoms with Crippen LogP contribution in [0.2, 0.25) is 0 Å². The van der Waals surface area contributed by atoms with Crippen LogP contribution in [0.4, 0.5) is 46.0 Å². The smallest absolute Gasteiger partial charge is 0.179 e. The van der Waals surface area contributed by atoms with Crippen LogP contribution in [0.5, 0.6) is 0 Å². The van der Waals surface area contributed by atoms with Crippen LogP contribution in [0.3, 0.4) is 0 Å². The van der Waals surface area contributed by atoms with E-state index in [1.165, 1.54) is 5.56 Å². The van der Waals surface area contributed by atoms with Gasteiger partial charge in [-0.05, 0) is 76.9 Å². The van der Waals surface area contributed by atoms with Gasteiger partial charge in [-0.3, -0.25) is 0 Å². The fraction of sp³-hybridized carbons (Fsp3) is 0.123. The molecule has 4 aliphatic heterocycles. The summed E-state index contributed by atoms with van der Waals surface area (Å²) in [6, 6.07) is 64.9. The lowest BCUT2D eigenvalue weighted by atomic mass is 9.52. The number of hydrogen-bond donors (Lipinski definition) is 0. The van der Waals surface area contributed by atoms with E-state index in [-0.39, 0.29) is 6.17 Å². The monoisotopic (exact) mass is 838 g/mol. The molecule has 0 saturated carbocycles. The summed E-state index contributed by atoms with van der Waals surface area (Å²) in [7, 11) is 0. The van der Waals surface area contributed by atoms with Gasteiger partial charge >= 0.3 is 0 Å². The van der Waals surface area contributed by atoms with Gasteiger partial charge in [0.05, 0.1) is 33.2 Å². The number of hydrogen-bond acceptors (Lipinski definition) is 8. The molecule has 0 amide bonds. The van der Waals surface area contributed by atoms with Crippen molar-refractivity contribution in [2.45, 2.75) is 38.0 Å². The van der Waals surface area contributed by atoms with Crippen molar-refractivity contribution in [2.24, 2.45) is 5.41 Å². The molecular weight excluding hydrogens is 797 g/mol. The van der Waals surface area contributed by atoms with Crippen molar-refractivity contribution in [3.05, 3.63) is 200 Å². The summed E-state index contributed by atoms with van der Waals surface area (Å²) in [6.45, 7) is 9.97. The predicted octanol–water partition coefficient (Wildman–Crippen LogP) is 13.5. The second-order valence-electron chi connectivity index (χ2n) is 18.3. The van der Waals surface area contributed by atoms with E-state index in [4.69, 9.17) is 26.5 Å². The highest BCUT2D eigenvalue weighted by atomic mass is 15.5. The van der Waals surface area contributed by atoms with Gasteiger partial charge in [0.15, 0.2) is 23.3 Å². The standard InChI is InChI=1S/C57H42N8/c1-35-34-56(2)43-29-15-19-33-47(43)65-51-50(58-44-30-16-17-31-45(44)59-51)62(36-20-6-4-7-21-36)55(65)57(56,3)54-63(37-22-8-5-9-23-37)52-53(64(54)46-32-18-14-24-38(35)46)61-49-42-28-13-11-26-40(42)39-25-10-12-27-41(39)48(49)60-52/h4-33,54-55H,1,34H2,2-3H3. The molecule has 0 bridgehead atoms. The maximum Gasteiger partial charge on any atom is 0.179 e. The first-order valence-corrected chi connectivity index (χ1v) is 22.5. The Bertz CT molecular complexity index is 3650. The van der Waals surface area contributed by atoms with Crippen LogP contribution in [0.1, 0.15) is 31.4 Å². The van der Waals surface area contributed by atoms with Crippen LogP contribution in [-0.2, 0) is 5.41 Å². The van der Waals surface area contributed by atoms with Crippen molar-refractivity contribution in [3.8, 4) is 0 Å². The highest BCUT2D eigenvalue weighted by Crippen LogP contribution is 2.69. The number of rotatable bonds is 2. The highest BCUT2D eigenvalue weighted by Gasteiger charge is 2.70. The molecule has 8 nitrogen and oxygen atoms in total. The van der Waals surface area contributed by atoms with E-state index in [1.54, 1.807) is 0 Å². The van der Waals surface area contributed by atoms with E-state index in [2.05, 4.69) is 203 Å². The van der Waals surface area contributed by atoms with Gasteiger partial charge in [0.2, 0.25) is 0 Å². The van der Waals surface area contributed by atoms with Gasteiger partial charge in [-0.1, -0.05) is 154 Å². The summed E-state index contributed by atoms with van der Waals surface area (Å²) in [4.78, 5) is 32.9. The number of anilines is 8. The average Bonchev–Trinajstić information content (AvgIpc) is 3.88. The SMILES string of the molecule is C=C1CC2(C)c3ccccc3N3c4nc5ccccc5nc4N(c4ccccc4)C3C2(C)C2N(c3ccccc3)c3nc4c5ccccc5c5ccccc5c4nc3N2c2ccccc21. The minimum absolute atomic E-state index is 0.348. The van der Waals surface area contributed by atoms with Crippen LogP contribution in [-0.4, -0.2) is 32.3 Å². The van der Waals surface area contributed by atoms with Gasteiger partial charge in [-0.2, -0.15) is 0 Å². The molecular formula is C57H42N8. The maximum atomic E-state index is 5.91. The Kier molecular flexibility index (Phi) is 7.27. The number of allylic oxidation sites excluding steroid dienone is 1. The molecule has 310 valence electrons. The first kappa shape index (κ1) is 36.4. The Morgan fingerprint density at radius 1 is 0.431 bits per heavy atom. The van der Waals surface area contributed by atoms with Gasteiger partial charge < -0.3 is 19.6 Å². The van der Waals surface area contributed by atoms with Crippen molar-refractivity contribution in [3.63, 3.8) is 0 Å². The van der Waals surface area contributed by atoms with Gasteiger partial charge in [-0.15, -0.1) is 0 Å². The molecule has 8 aromatic carbocycles. The summed E-state index contributed by atoms with van der Waals surface area (Å²) in [5, 5.41) is 4.48. The number of para-hydroxylation sites is 6. The summed E-state index contributed by atoms with van der Waals surface area (Å²) >= 11 is 0. The number of benzene rings is 8. The van der Waals surface area contributed by atoms with Crippen LogP contribution < -0.4 is 19.6 Å². The summed E-state index contributed by atoms with van der Waals surface area (Å²) in [5.41, 5.74) is 9.88. The van der Waals surface area contributed by atoms with Crippen LogP contribution in [0.25, 0.3) is 49.2 Å². The van der Waals surface area contributed by atoms with Crippen molar-refractivity contribution in [1.29, 1.82) is 0 Å². The fourth-order valence-electron chi connectivity index (χ4n) is 12.2. The average molecular weight is 839 g/mol. The van der Waals surface area contributed by atoms with Crippen LogP contribution >= 0.6 is 0 Å². The normalized spacial score (nSPS) is 21.7. The Labute approximate surface area is 376 Å². The molecule has 0 radical (unpaired) electrons. The second-order valence-corrected chi connectivity index (χ2v) is 18.3. The maximum absolute atomic E-state index is 5.91. The third-order valence-corrected chi connectivity index (χ3v) is 15.1. The topological polar surface area (TPSA) is 64.5 Å². The number of nitrogens with zero attached hydrogens (tertiary/aromatic N) is 8. The van der Waals surface area contributed by atoms with Crippen molar-refractivity contribution < 1.29 is 0 Å². The molecule has 65 heavy (non-hydrogen) atoms. The molecule has 4 aliphatic rings. The first-order valence-electron chi connectivity index (χ1n) is 22.5. The lowest BCUT2D eigenvalue weighted by molar-refractivity contribution is 0.0789. The molecule has 4 unspecified atom stereocenters. The largest absolute Gasteiger partial charge is 0.301 e. The van der Waals surface area contributed by atoms with Crippen molar-refractivity contribution >= 4 is 95.2 Å². The first-order chi connectivity index (χ1) is 31.9. The van der Waals surface area contributed by atoms with Gasteiger partial charge in [0, 0.05) is 38.8 Å². The molecule has 0 fully saturated rings. The molecule has 0 aliphatic carbocycles. The van der Waals surface area contributed by atoms with E-state index in [1.807, 2.05) is 12.1 Å². The third-order valence-electron chi connectivity index (χ3n) is 15.1. The molecule has 2 aromatic heterocycles. The van der Waals surface area contributed by atoms with E-state index >= 15 is 0 Å². The molecule has 10 aromatic rings. The zero-order chi connectivity index (χ0) is 43.2. The van der Waals surface area contributed by atoms with Gasteiger partial charge in [0.1, 0.15) is 12.3 Å². The summed E-state index contributed by atoms with van der Waals surface area (Å²) in [6.07, 6.45) is -0.0477. The summed E-state index contributed by atoms with van der Waals surface area (Å²) in [5.74, 6) is 3.29. The van der Waals surface area contributed by atoms with Crippen LogP contribution in [0, 0.1) is 5.41 Å². The van der Waals surface area contributed by atoms with E-state index in [9.17, 15) is 0 Å². The summed E-state index contributed by atoms with van der Waals surface area (Å²) < 4.78 is 0. The minimum atomic E-state index is -0.725. The third kappa shape index (κ3) is 4.65. The Morgan fingerprint density at radius 3 is 1.43 bits per heavy atom. The predicted molar refractivity (Wildman–Crippen MR) is 265 cm³/mol. The Morgan fingerprint density at radius 2 is 0.846 bits per heavy atom. The minimum Gasteiger partial charge on any atom is -0.301 e. The number of fused-ring (bicyclic) bond motifs is 21. The van der Waals surface area contributed by atoms with Crippen molar-refractivity contribution in [1.82, 2.24) is 19.9 Å². The lowest BCUT2D eigenvalue weighted by Crippen LogP contribution is -2.71. The molecule has 0 spiro atoms. The Balaban J connectivity index is 1.16. The molecule has 4 atom stereocenters. The number of aromatic nitrogens is 4. The molecule has 6 heterocycles. The zero-order valence-electron chi connectivity index (χ0n) is 36.0. The van der Waals surface area contributed by atoms with Crippen LogP contribution in [0.15, 0.2) is 189 Å². The zero-order valence-corrected chi connectivity index (χ0v) is 36.0. The highest BCUT2D eigenvalue weighted by molar-refractivity contribution is 6.23. The second kappa shape index (κ2) is 13.0. The van der Waals surface area contributed by atoms with Crippen molar-refractivity contribution in [2.75, 3.05) is 19.6 Å². The molecule has 0 N–H and O–H groups in total. The molecule has 0 saturated heterocycles. The molecule has 14 rings (SSSR count). The Hall–Kier alpha value is -8.10.